The Morgan fingerprint density at radius 1 is 1.31 bits per heavy atom. The highest BCUT2D eigenvalue weighted by atomic mass is 127. The zero-order valence-electron chi connectivity index (χ0n) is 9.97. The van der Waals surface area contributed by atoms with Crippen LogP contribution < -0.4 is 0 Å². The molecule has 0 radical (unpaired) electrons. The topological polar surface area (TPSA) is 35.0 Å². The van der Waals surface area contributed by atoms with Gasteiger partial charge in [-0.2, -0.15) is 0 Å². The van der Waals surface area contributed by atoms with Crippen molar-refractivity contribution >= 4 is 34.2 Å². The van der Waals surface area contributed by atoms with E-state index in [1.165, 1.54) is 0 Å². The van der Waals surface area contributed by atoms with E-state index in [0.29, 0.717) is 24.2 Å². The van der Waals surface area contributed by atoms with Crippen LogP contribution in [0.1, 0.15) is 39.2 Å². The van der Waals surface area contributed by atoms with Gasteiger partial charge in [-0.1, -0.05) is 32.4 Å². The number of nitrogens with zero attached hydrogens (tertiary/aromatic N) is 2. The number of halogens is 2. The van der Waals surface area contributed by atoms with Crippen molar-refractivity contribution < 1.29 is 4.74 Å². The average molecular weight is 355 g/mol. The Bertz CT molecular complexity index is 377. The van der Waals surface area contributed by atoms with E-state index in [0.717, 1.165) is 9.26 Å². The minimum Gasteiger partial charge on any atom is -0.374 e. The van der Waals surface area contributed by atoms with Crippen molar-refractivity contribution in [2.24, 2.45) is 0 Å². The third-order valence-corrected chi connectivity index (χ3v) is 3.62. The largest absolute Gasteiger partial charge is 0.374 e. The van der Waals surface area contributed by atoms with E-state index < -0.39 is 0 Å². The number of aromatic nitrogens is 2. The molecule has 1 rings (SSSR count). The van der Waals surface area contributed by atoms with Gasteiger partial charge in [-0.15, -0.1) is 0 Å². The lowest BCUT2D eigenvalue weighted by atomic mass is 9.92. The Kier molecular flexibility index (Phi) is 4.94. The summed E-state index contributed by atoms with van der Waals surface area (Å²) in [5.41, 5.74) is 0.937. The van der Waals surface area contributed by atoms with Crippen molar-refractivity contribution in [3.63, 3.8) is 0 Å². The number of ether oxygens (including phenoxy) is 1. The van der Waals surface area contributed by atoms with E-state index in [-0.39, 0.29) is 5.41 Å². The fourth-order valence-electron chi connectivity index (χ4n) is 1.22. The second kappa shape index (κ2) is 5.60. The quantitative estimate of drug-likeness (QED) is 0.615. The molecule has 0 saturated heterocycles. The van der Waals surface area contributed by atoms with Gasteiger partial charge in [-0.25, -0.2) is 9.97 Å². The van der Waals surface area contributed by atoms with E-state index in [1.807, 2.05) is 6.92 Å². The molecule has 0 aliphatic heterocycles. The molecule has 0 amide bonds. The van der Waals surface area contributed by atoms with E-state index in [4.69, 9.17) is 16.3 Å². The predicted molar refractivity (Wildman–Crippen MR) is 73.8 cm³/mol. The maximum absolute atomic E-state index is 6.09. The molecule has 0 aromatic carbocycles. The number of hydrogen-bond acceptors (Lipinski definition) is 3. The second-order valence-electron chi connectivity index (χ2n) is 4.48. The molecule has 0 atom stereocenters. The zero-order valence-corrected chi connectivity index (χ0v) is 12.9. The fraction of sp³-hybridized carbons (Fsp3) is 0.636. The monoisotopic (exact) mass is 354 g/mol. The molecule has 0 spiro atoms. The molecule has 0 N–H and O–H groups in total. The van der Waals surface area contributed by atoms with Crippen LogP contribution in [-0.2, 0) is 16.8 Å². The van der Waals surface area contributed by atoms with Crippen molar-refractivity contribution in [3.05, 3.63) is 20.2 Å². The van der Waals surface area contributed by atoms with Gasteiger partial charge in [0, 0.05) is 12.0 Å². The second-order valence-corrected chi connectivity index (χ2v) is 5.92. The normalized spacial score (nSPS) is 11.9. The van der Waals surface area contributed by atoms with Crippen LogP contribution >= 0.6 is 34.2 Å². The van der Waals surface area contributed by atoms with Gasteiger partial charge in [0.1, 0.15) is 11.8 Å². The molecule has 1 aromatic heterocycles. The Labute approximate surface area is 115 Å². The molecule has 0 fully saturated rings. The highest BCUT2D eigenvalue weighted by Gasteiger charge is 2.22. The highest BCUT2D eigenvalue weighted by molar-refractivity contribution is 14.1. The van der Waals surface area contributed by atoms with Crippen LogP contribution in [0.5, 0.6) is 0 Å². The molecule has 3 nitrogen and oxygen atoms in total. The molecule has 0 aliphatic carbocycles. The molecule has 5 heteroatoms. The van der Waals surface area contributed by atoms with Gasteiger partial charge in [0.2, 0.25) is 0 Å². The van der Waals surface area contributed by atoms with Gasteiger partial charge in [0.15, 0.2) is 5.82 Å². The summed E-state index contributed by atoms with van der Waals surface area (Å²) in [5.74, 6) is 0.650. The van der Waals surface area contributed by atoms with E-state index in [1.54, 1.807) is 0 Å². The summed E-state index contributed by atoms with van der Waals surface area (Å²) in [4.78, 5) is 8.72. The Morgan fingerprint density at radius 3 is 2.44 bits per heavy atom. The molecule has 0 aliphatic rings. The average Bonchev–Trinajstić information content (AvgIpc) is 2.17. The summed E-state index contributed by atoms with van der Waals surface area (Å²) in [6.45, 7) is 9.34. The summed E-state index contributed by atoms with van der Waals surface area (Å²) in [7, 11) is 0. The molecule has 0 unspecified atom stereocenters. The van der Waals surface area contributed by atoms with Crippen LogP contribution in [0.15, 0.2) is 0 Å². The number of hydrogen-bond donors (Lipinski definition) is 0. The van der Waals surface area contributed by atoms with Crippen molar-refractivity contribution in [3.8, 4) is 0 Å². The first-order chi connectivity index (χ1) is 7.36. The molecule has 1 aromatic rings. The lowest BCUT2D eigenvalue weighted by molar-refractivity contribution is 0.128. The van der Waals surface area contributed by atoms with Gasteiger partial charge in [-0.3, -0.25) is 0 Å². The van der Waals surface area contributed by atoms with Crippen LogP contribution in [0, 0.1) is 3.57 Å². The third kappa shape index (κ3) is 3.53. The standard InChI is InChI=1S/C11H16ClIN2O/c1-5-16-6-7-14-9(11(2,3)4)8(13)10(12)15-7/h5-6H2,1-4H3. The smallest absolute Gasteiger partial charge is 0.156 e. The summed E-state index contributed by atoms with van der Waals surface area (Å²) in [6, 6.07) is 0. The SMILES string of the molecule is CCOCc1nc(Cl)c(I)c(C(C)(C)C)n1. The van der Waals surface area contributed by atoms with Crippen LogP contribution in [-0.4, -0.2) is 16.6 Å². The van der Waals surface area contributed by atoms with Crippen molar-refractivity contribution in [2.45, 2.75) is 39.7 Å². The lowest BCUT2D eigenvalue weighted by Gasteiger charge is -2.20. The molecule has 0 saturated carbocycles. The van der Waals surface area contributed by atoms with Gasteiger partial charge < -0.3 is 4.74 Å². The van der Waals surface area contributed by atoms with E-state index in [9.17, 15) is 0 Å². The van der Waals surface area contributed by atoms with Crippen LogP contribution in [0.4, 0.5) is 0 Å². The molecule has 1 heterocycles. The molecule has 90 valence electrons. The lowest BCUT2D eigenvalue weighted by Crippen LogP contribution is -2.18. The Morgan fingerprint density at radius 2 is 1.94 bits per heavy atom. The Hall–Kier alpha value is 0.0600. The fourth-order valence-corrected chi connectivity index (χ4v) is 2.46. The molecule has 0 bridgehead atoms. The first kappa shape index (κ1) is 14.1. The van der Waals surface area contributed by atoms with Crippen molar-refractivity contribution in [1.29, 1.82) is 0 Å². The van der Waals surface area contributed by atoms with Crippen molar-refractivity contribution in [2.75, 3.05) is 6.61 Å². The summed E-state index contributed by atoms with van der Waals surface area (Å²) >= 11 is 8.28. The van der Waals surface area contributed by atoms with Gasteiger partial charge in [0.25, 0.3) is 0 Å². The molecule has 16 heavy (non-hydrogen) atoms. The van der Waals surface area contributed by atoms with Crippen LogP contribution in [0.25, 0.3) is 0 Å². The minimum absolute atomic E-state index is 0.0376. The van der Waals surface area contributed by atoms with E-state index >= 15 is 0 Å². The summed E-state index contributed by atoms with van der Waals surface area (Å²) in [6.07, 6.45) is 0. The number of rotatable bonds is 3. The molecular weight excluding hydrogens is 338 g/mol. The van der Waals surface area contributed by atoms with Gasteiger partial charge >= 0.3 is 0 Å². The summed E-state index contributed by atoms with van der Waals surface area (Å²) in [5, 5.41) is 0.509. The maximum atomic E-state index is 6.09. The first-order valence-corrected chi connectivity index (χ1v) is 6.62. The van der Waals surface area contributed by atoms with E-state index in [2.05, 4.69) is 53.3 Å². The van der Waals surface area contributed by atoms with Crippen molar-refractivity contribution in [1.82, 2.24) is 9.97 Å². The van der Waals surface area contributed by atoms with Gasteiger partial charge in [0.05, 0.1) is 9.26 Å². The molecular formula is C11H16ClIN2O. The maximum Gasteiger partial charge on any atom is 0.156 e. The predicted octanol–water partition coefficient (Wildman–Crippen LogP) is 3.57. The zero-order chi connectivity index (χ0) is 12.3. The van der Waals surface area contributed by atoms with Crippen LogP contribution in [0.2, 0.25) is 5.15 Å². The van der Waals surface area contributed by atoms with Gasteiger partial charge in [-0.05, 0) is 29.5 Å². The van der Waals surface area contributed by atoms with Crippen LogP contribution in [0.3, 0.4) is 0 Å². The minimum atomic E-state index is -0.0376. The Balaban J connectivity index is 3.12. The first-order valence-electron chi connectivity index (χ1n) is 5.16. The third-order valence-electron chi connectivity index (χ3n) is 2.00. The summed E-state index contributed by atoms with van der Waals surface area (Å²) < 4.78 is 6.22. The highest BCUT2D eigenvalue weighted by Crippen LogP contribution is 2.29.